The van der Waals surface area contributed by atoms with Crippen LogP contribution in [0, 0.1) is 11.3 Å². The molecule has 0 fully saturated rings. The van der Waals surface area contributed by atoms with Crippen LogP contribution in [0.15, 0.2) is 30.3 Å². The molecule has 0 spiro atoms. The third-order valence-electron chi connectivity index (χ3n) is 2.34. The monoisotopic (exact) mass is 236 g/mol. The molecule has 0 aliphatic heterocycles. The van der Waals surface area contributed by atoms with Crippen LogP contribution in [-0.4, -0.2) is 4.98 Å². The van der Waals surface area contributed by atoms with Gasteiger partial charge in [0.1, 0.15) is 0 Å². The standard InChI is InChI=1S/C12H7F3N2/c13-12(14,15)10-3-1-2-8-4-5-9(6-7-16)17-11(8)10/h1-5H,6H2. The zero-order valence-corrected chi connectivity index (χ0v) is 8.62. The Bertz CT molecular complexity index is 597. The third kappa shape index (κ3) is 2.21. The van der Waals surface area contributed by atoms with Gasteiger partial charge in [0.2, 0.25) is 0 Å². The number of hydrogen-bond acceptors (Lipinski definition) is 2. The molecule has 5 heteroatoms. The number of aromatic nitrogens is 1. The Morgan fingerprint density at radius 1 is 1.18 bits per heavy atom. The first-order valence-electron chi connectivity index (χ1n) is 4.85. The first kappa shape index (κ1) is 11.4. The van der Waals surface area contributed by atoms with E-state index in [-0.39, 0.29) is 11.9 Å². The van der Waals surface area contributed by atoms with Gasteiger partial charge in [-0.1, -0.05) is 18.2 Å². The van der Waals surface area contributed by atoms with Gasteiger partial charge in [0.25, 0.3) is 0 Å². The maximum atomic E-state index is 12.7. The van der Waals surface area contributed by atoms with Crippen molar-refractivity contribution in [3.05, 3.63) is 41.6 Å². The Morgan fingerprint density at radius 3 is 2.59 bits per heavy atom. The maximum Gasteiger partial charge on any atom is 0.418 e. The average molecular weight is 236 g/mol. The van der Waals surface area contributed by atoms with E-state index in [4.69, 9.17) is 5.26 Å². The summed E-state index contributed by atoms with van der Waals surface area (Å²) in [6.45, 7) is 0. The fourth-order valence-electron chi connectivity index (χ4n) is 1.60. The first-order valence-corrected chi connectivity index (χ1v) is 4.85. The maximum absolute atomic E-state index is 12.7. The zero-order valence-electron chi connectivity index (χ0n) is 8.62. The summed E-state index contributed by atoms with van der Waals surface area (Å²) in [7, 11) is 0. The Labute approximate surface area is 95.3 Å². The van der Waals surface area contributed by atoms with Crippen molar-refractivity contribution >= 4 is 10.9 Å². The summed E-state index contributed by atoms with van der Waals surface area (Å²) >= 11 is 0. The van der Waals surface area contributed by atoms with E-state index in [0.717, 1.165) is 6.07 Å². The molecule has 1 aromatic heterocycles. The highest BCUT2D eigenvalue weighted by molar-refractivity contribution is 5.82. The summed E-state index contributed by atoms with van der Waals surface area (Å²) in [6.07, 6.45) is -4.43. The second kappa shape index (κ2) is 4.06. The molecule has 17 heavy (non-hydrogen) atoms. The van der Waals surface area contributed by atoms with Crippen molar-refractivity contribution in [1.82, 2.24) is 4.98 Å². The van der Waals surface area contributed by atoms with Crippen LogP contribution >= 0.6 is 0 Å². The van der Waals surface area contributed by atoms with Gasteiger partial charge in [-0.15, -0.1) is 0 Å². The predicted molar refractivity (Wildman–Crippen MR) is 56.1 cm³/mol. The SMILES string of the molecule is N#CCc1ccc2cccc(C(F)(F)F)c2n1. The van der Waals surface area contributed by atoms with Gasteiger partial charge in [-0.3, -0.25) is 4.98 Å². The fourth-order valence-corrected chi connectivity index (χ4v) is 1.60. The minimum Gasteiger partial charge on any atom is -0.251 e. The lowest BCUT2D eigenvalue weighted by Crippen LogP contribution is -2.07. The van der Waals surface area contributed by atoms with Crippen molar-refractivity contribution in [2.75, 3.05) is 0 Å². The number of halogens is 3. The second-order valence-electron chi connectivity index (χ2n) is 3.51. The molecule has 2 rings (SSSR count). The lowest BCUT2D eigenvalue weighted by molar-refractivity contribution is -0.136. The number of para-hydroxylation sites is 1. The average Bonchev–Trinajstić information content (AvgIpc) is 2.27. The molecule has 0 saturated heterocycles. The van der Waals surface area contributed by atoms with Crippen LogP contribution in [0.2, 0.25) is 0 Å². The number of fused-ring (bicyclic) bond motifs is 1. The first-order chi connectivity index (χ1) is 8.02. The Hall–Kier alpha value is -2.09. The van der Waals surface area contributed by atoms with Crippen LogP contribution in [0.5, 0.6) is 0 Å². The summed E-state index contributed by atoms with van der Waals surface area (Å²) in [5, 5.41) is 8.93. The van der Waals surface area contributed by atoms with Crippen molar-refractivity contribution in [1.29, 1.82) is 5.26 Å². The van der Waals surface area contributed by atoms with Gasteiger partial charge < -0.3 is 0 Å². The van der Waals surface area contributed by atoms with Crippen LogP contribution in [0.25, 0.3) is 10.9 Å². The van der Waals surface area contributed by atoms with Crippen LogP contribution in [-0.2, 0) is 12.6 Å². The molecule has 0 unspecified atom stereocenters. The molecule has 0 bridgehead atoms. The number of pyridine rings is 1. The van der Waals surface area contributed by atoms with E-state index in [1.54, 1.807) is 18.2 Å². The van der Waals surface area contributed by atoms with Crippen molar-refractivity contribution in [2.45, 2.75) is 12.6 Å². The van der Waals surface area contributed by atoms with E-state index in [2.05, 4.69) is 4.98 Å². The highest BCUT2D eigenvalue weighted by Gasteiger charge is 2.33. The molecule has 0 N–H and O–H groups in total. The summed E-state index contributed by atoms with van der Waals surface area (Å²) in [4.78, 5) is 3.89. The Kier molecular flexibility index (Phi) is 2.72. The van der Waals surface area contributed by atoms with Gasteiger partial charge in [0, 0.05) is 5.39 Å². The quantitative estimate of drug-likeness (QED) is 0.761. The number of rotatable bonds is 1. The fraction of sp³-hybridized carbons (Fsp3) is 0.167. The van der Waals surface area contributed by atoms with E-state index >= 15 is 0 Å². The molecule has 0 aliphatic carbocycles. The van der Waals surface area contributed by atoms with E-state index in [9.17, 15) is 13.2 Å². The molecule has 0 saturated carbocycles. The van der Waals surface area contributed by atoms with Crippen molar-refractivity contribution in [3.8, 4) is 6.07 Å². The van der Waals surface area contributed by atoms with Crippen LogP contribution in [0.1, 0.15) is 11.3 Å². The third-order valence-corrected chi connectivity index (χ3v) is 2.34. The van der Waals surface area contributed by atoms with Gasteiger partial charge in [-0.25, -0.2) is 0 Å². The molecule has 2 aromatic rings. The van der Waals surface area contributed by atoms with E-state index in [1.807, 2.05) is 6.07 Å². The van der Waals surface area contributed by atoms with Crippen molar-refractivity contribution in [3.63, 3.8) is 0 Å². The van der Waals surface area contributed by atoms with Crippen LogP contribution in [0.4, 0.5) is 13.2 Å². The molecule has 0 aliphatic rings. The molecule has 0 amide bonds. The second-order valence-corrected chi connectivity index (χ2v) is 3.51. The number of nitriles is 1. The van der Waals surface area contributed by atoms with Crippen LogP contribution in [0.3, 0.4) is 0 Å². The van der Waals surface area contributed by atoms with Gasteiger partial charge in [-0.05, 0) is 12.1 Å². The molecule has 1 aromatic carbocycles. The summed E-state index contributed by atoms with van der Waals surface area (Å²) in [5.41, 5.74) is -0.528. The minimum absolute atomic E-state index is 0.00211. The van der Waals surface area contributed by atoms with E-state index < -0.39 is 11.7 Å². The molecular formula is C12H7F3N2. The summed E-state index contributed by atoms with van der Waals surface area (Å²) in [6, 6.07) is 8.87. The number of nitrogens with zero attached hydrogens (tertiary/aromatic N) is 2. The zero-order chi connectivity index (χ0) is 12.5. The van der Waals surface area contributed by atoms with Gasteiger partial charge in [0.05, 0.1) is 29.3 Å². The van der Waals surface area contributed by atoms with Crippen LogP contribution < -0.4 is 0 Å². The molecular weight excluding hydrogens is 229 g/mol. The highest BCUT2D eigenvalue weighted by Crippen LogP contribution is 2.33. The highest BCUT2D eigenvalue weighted by atomic mass is 19.4. The summed E-state index contributed by atoms with van der Waals surface area (Å²) in [5.74, 6) is 0. The van der Waals surface area contributed by atoms with Gasteiger partial charge in [0.15, 0.2) is 0 Å². The predicted octanol–water partition coefficient (Wildman–Crippen LogP) is 3.32. The Morgan fingerprint density at radius 2 is 1.94 bits per heavy atom. The smallest absolute Gasteiger partial charge is 0.251 e. The largest absolute Gasteiger partial charge is 0.418 e. The minimum atomic E-state index is -4.43. The lowest BCUT2D eigenvalue weighted by Gasteiger charge is -2.09. The Balaban J connectivity index is 2.69. The summed E-state index contributed by atoms with van der Waals surface area (Å²) < 4.78 is 38.2. The van der Waals surface area contributed by atoms with Crippen molar-refractivity contribution < 1.29 is 13.2 Å². The van der Waals surface area contributed by atoms with Gasteiger partial charge in [-0.2, -0.15) is 18.4 Å². The topological polar surface area (TPSA) is 36.7 Å². The van der Waals surface area contributed by atoms with E-state index in [0.29, 0.717) is 11.1 Å². The molecule has 0 radical (unpaired) electrons. The number of hydrogen-bond donors (Lipinski definition) is 0. The van der Waals surface area contributed by atoms with E-state index in [1.165, 1.54) is 6.07 Å². The molecule has 1 heterocycles. The normalized spacial score (nSPS) is 11.4. The number of alkyl halides is 3. The van der Waals surface area contributed by atoms with Crippen molar-refractivity contribution in [2.24, 2.45) is 0 Å². The van der Waals surface area contributed by atoms with Gasteiger partial charge >= 0.3 is 6.18 Å². The molecule has 2 nitrogen and oxygen atoms in total. The molecule has 0 atom stereocenters. The number of benzene rings is 1. The molecule has 86 valence electrons. The lowest BCUT2D eigenvalue weighted by atomic mass is 10.1.